The van der Waals surface area contributed by atoms with Gasteiger partial charge in [0.15, 0.2) is 0 Å². The van der Waals surface area contributed by atoms with Gasteiger partial charge in [0.25, 0.3) is 0 Å². The van der Waals surface area contributed by atoms with Crippen LogP contribution in [0.5, 0.6) is 5.75 Å². The summed E-state index contributed by atoms with van der Waals surface area (Å²) in [4.78, 5) is 4.16. The lowest BCUT2D eigenvalue weighted by Gasteiger charge is -2.28. The number of nitrogens with one attached hydrogen (secondary N) is 2. The van der Waals surface area contributed by atoms with Gasteiger partial charge >= 0.3 is 6.18 Å². The largest absolute Gasteiger partial charge is 0.492 e. The lowest BCUT2D eigenvalue weighted by atomic mass is 9.81. The molecule has 0 saturated carbocycles. The van der Waals surface area contributed by atoms with Crippen molar-refractivity contribution < 1.29 is 53.0 Å². The molecule has 137 heavy (non-hydrogen) atoms. The van der Waals surface area contributed by atoms with Gasteiger partial charge in [-0.1, -0.05) is 147 Å². The Kier molecular flexibility index (Phi) is 44.8. The minimum absolute atomic E-state index is 0.0784. The van der Waals surface area contributed by atoms with Crippen LogP contribution in [0.25, 0.3) is 89.0 Å². The maximum atomic E-state index is 13.5. The summed E-state index contributed by atoms with van der Waals surface area (Å²) in [5.41, 5.74) is 76.3. The zero-order valence-electron chi connectivity index (χ0n) is 78.3. The lowest BCUT2D eigenvalue weighted by molar-refractivity contribution is -0.137. The Labute approximate surface area is 799 Å². The molecule has 26 heteroatoms. The van der Waals surface area contributed by atoms with Gasteiger partial charge in [0.05, 0.1) is 5.56 Å². The van der Waals surface area contributed by atoms with E-state index in [2.05, 4.69) is 77.9 Å². The van der Waals surface area contributed by atoms with Crippen molar-refractivity contribution >= 4 is 0 Å². The number of alkyl halides is 3. The second-order valence-corrected chi connectivity index (χ2v) is 34.7. The van der Waals surface area contributed by atoms with Gasteiger partial charge in [-0.25, -0.2) is 35.1 Å². The minimum atomic E-state index is -4.31. The van der Waals surface area contributed by atoms with E-state index in [1.54, 1.807) is 110 Å². The molecule has 13 aromatic carbocycles. The fourth-order valence-electron chi connectivity index (χ4n) is 15.5. The summed E-state index contributed by atoms with van der Waals surface area (Å²) in [6.07, 6.45) is 1.83. The first-order valence-corrected chi connectivity index (χ1v) is 46.3. The summed E-state index contributed by atoms with van der Waals surface area (Å²) in [6, 6.07) is 80.2. The number of hydrogen-bond acceptors (Lipinski definition) is 15. The molecule has 0 radical (unpaired) electrons. The predicted molar refractivity (Wildman–Crippen MR) is 539 cm³/mol. The number of ether oxygens (including phenoxy) is 1. The van der Waals surface area contributed by atoms with Crippen LogP contribution in [0.2, 0.25) is 0 Å². The normalized spacial score (nSPS) is 12.0. The van der Waals surface area contributed by atoms with Gasteiger partial charge in [-0.2, -0.15) is 13.2 Å². The quantitative estimate of drug-likeness (QED) is 0.0125. The SMILES string of the molecule is CC(C)(CNC[C@@H](N)CCCN)c1cc(-c2ccc(F)cc2)cc(-c2ccc(F)cc2)c1.Cc1cc(CN(CCN)CCN)cc(C(F)(F)F)c1.NCCC[C@@H](N)COc1cc(-c2ccc(F)cc2)cc(-c2ccc(F)cc2)c1.NCCC[C@H](N)CNCCc1cc(-c2ccc(F)cc2)cc(-c2ccc(F)cc2)c1.NCCN(CCN)Cc1cc(-c2ccc(F)cc2)cc(-c2ccc(F)cc2)c1. The van der Waals surface area contributed by atoms with Crippen molar-refractivity contribution in [3.05, 3.63) is 365 Å². The number of halogens is 11. The molecule has 0 saturated heterocycles. The van der Waals surface area contributed by atoms with Gasteiger partial charge in [-0.05, 0) is 347 Å². The zero-order valence-corrected chi connectivity index (χ0v) is 78.3. The first-order valence-electron chi connectivity index (χ1n) is 46.3. The summed E-state index contributed by atoms with van der Waals surface area (Å²) in [5, 5.41) is 6.91. The van der Waals surface area contributed by atoms with Crippen LogP contribution in [-0.4, -0.2) is 133 Å². The lowest BCUT2D eigenvalue weighted by Crippen LogP contribution is -2.40. The number of rotatable bonds is 42. The first kappa shape index (κ1) is 109. The highest BCUT2D eigenvalue weighted by Crippen LogP contribution is 2.38. The van der Waals surface area contributed by atoms with Gasteiger partial charge in [-0.3, -0.25) is 9.80 Å². The molecule has 0 unspecified atom stereocenters. The van der Waals surface area contributed by atoms with E-state index >= 15 is 0 Å². The highest BCUT2D eigenvalue weighted by molar-refractivity contribution is 5.79. The van der Waals surface area contributed by atoms with E-state index in [-0.39, 0.29) is 70.1 Å². The molecule has 15 nitrogen and oxygen atoms in total. The van der Waals surface area contributed by atoms with Crippen molar-refractivity contribution in [2.45, 2.75) is 109 Å². The van der Waals surface area contributed by atoms with E-state index in [0.717, 1.165) is 196 Å². The van der Waals surface area contributed by atoms with Crippen molar-refractivity contribution in [3.8, 4) is 94.8 Å². The molecule has 0 heterocycles. The predicted octanol–water partition coefficient (Wildman–Crippen LogP) is 20.2. The molecular formula is C111H131F11N14O. The van der Waals surface area contributed by atoms with Crippen molar-refractivity contribution in [1.82, 2.24) is 20.4 Å². The summed E-state index contributed by atoms with van der Waals surface area (Å²) in [5.74, 6) is -1.51. The summed E-state index contributed by atoms with van der Waals surface area (Å²) < 4.78 is 151. The van der Waals surface area contributed by atoms with Gasteiger partial charge in [0.2, 0.25) is 0 Å². The van der Waals surface area contributed by atoms with E-state index in [9.17, 15) is 48.3 Å². The van der Waals surface area contributed by atoms with E-state index in [4.69, 9.17) is 62.1 Å². The van der Waals surface area contributed by atoms with E-state index in [0.29, 0.717) is 95.5 Å². The Morgan fingerprint density at radius 2 is 0.569 bits per heavy atom. The van der Waals surface area contributed by atoms with Crippen molar-refractivity contribution in [2.24, 2.45) is 57.3 Å². The van der Waals surface area contributed by atoms with Gasteiger partial charge in [0.1, 0.15) is 58.9 Å². The first-order chi connectivity index (χ1) is 65.8. The van der Waals surface area contributed by atoms with Crippen LogP contribution < -0.4 is 72.7 Å². The Balaban J connectivity index is 0.000000193. The number of nitrogens with zero attached hydrogens (tertiary/aromatic N) is 2. The number of benzene rings is 13. The average molecular weight is 1890 g/mol. The molecule has 0 aliphatic rings. The zero-order chi connectivity index (χ0) is 98.8. The summed E-state index contributed by atoms with van der Waals surface area (Å²) in [7, 11) is 0. The smallest absolute Gasteiger partial charge is 0.416 e. The van der Waals surface area contributed by atoms with Crippen molar-refractivity contribution in [3.63, 3.8) is 0 Å². The van der Waals surface area contributed by atoms with Crippen LogP contribution in [0.3, 0.4) is 0 Å². The van der Waals surface area contributed by atoms with Crippen LogP contribution in [0.1, 0.15) is 85.8 Å². The van der Waals surface area contributed by atoms with E-state index in [1.807, 2.05) is 29.2 Å². The van der Waals surface area contributed by atoms with Crippen LogP contribution in [0, 0.1) is 53.5 Å². The Bertz CT molecular complexity index is 5460. The fraction of sp³-hybridized carbons (Fsp3) is 0.297. The molecule has 0 aliphatic heterocycles. The fourth-order valence-corrected chi connectivity index (χ4v) is 15.5. The summed E-state index contributed by atoms with van der Waals surface area (Å²) in [6.45, 7) is 17.3. The maximum Gasteiger partial charge on any atom is 0.416 e. The molecular weight excluding hydrogens is 1750 g/mol. The Hall–Kier alpha value is -11.7. The van der Waals surface area contributed by atoms with Crippen LogP contribution in [0.15, 0.2) is 285 Å². The Morgan fingerprint density at radius 3 is 0.861 bits per heavy atom. The van der Waals surface area contributed by atoms with Gasteiger partial charge in [0, 0.05) is 109 Å². The highest BCUT2D eigenvalue weighted by atomic mass is 19.4. The second kappa shape index (κ2) is 56.3. The molecule has 0 spiro atoms. The summed E-state index contributed by atoms with van der Waals surface area (Å²) >= 11 is 0. The van der Waals surface area contributed by atoms with E-state index < -0.39 is 11.7 Å². The molecule has 0 amide bonds. The molecule has 0 aromatic heterocycles. The number of aryl methyl sites for hydroxylation is 1. The number of nitrogens with two attached hydrogens (primary N) is 10. The third-order valence-electron chi connectivity index (χ3n) is 22.9. The molecule has 728 valence electrons. The molecule has 0 aliphatic carbocycles. The second-order valence-electron chi connectivity index (χ2n) is 34.7. The van der Waals surface area contributed by atoms with Crippen molar-refractivity contribution in [2.75, 3.05) is 105 Å². The molecule has 22 N–H and O–H groups in total. The molecule has 13 aromatic rings. The Morgan fingerprint density at radius 1 is 0.299 bits per heavy atom. The standard InChI is InChI=1S/C27H33F2N3.C25H29F2N3.C23H25F2N3.C23H24F2N2O.C13H20F3N3/c1-27(2,18-32-17-26(31)4-3-13-30)23-15-21(19-5-9-24(28)10-6-19)14-22(16-23)20-7-11-25(29)12-8-20;26-23-7-3-19(4-8-23)21-14-18(11-13-30-17-25(29)2-1-12-28)15-22(16-21)20-5-9-24(27)10-6-20;24-22-5-1-18(2-6-22)20-13-17(16-28(11-9-26)12-10-27)14-21(15-20)19-3-7-23(25)8-4-19;24-20-7-3-16(4-8-20)18-12-19(17-5-9-21(25)10-6-17)14-23(13-18)28-15-22(27)2-1-11-26;1-10-6-11(8-12(7-10)13(14,15)16)9-19(4-2-17)5-3-18/h5-12,14-16,26,32H,3-4,13,17-18,30-31H2,1-2H3;3-10,14-16,25,30H,1-2,11-13,17,28-29H2;1-8,13-15H,9-12,16,26-27H2;3-10,12-14,22H,1-2,11,15,26-27H2;6-8H,2-5,9,17-18H2,1H3/t26-;25-;;22-;/m00.1./s1. The molecule has 3 atom stereocenters. The van der Waals surface area contributed by atoms with E-state index in [1.165, 1.54) is 103 Å². The minimum Gasteiger partial charge on any atom is -0.492 e. The topological polar surface area (TPSA) is 300 Å². The molecule has 13 rings (SSSR count). The average Bonchev–Trinajstić information content (AvgIpc) is 0.786. The molecule has 0 bridgehead atoms. The van der Waals surface area contributed by atoms with Crippen LogP contribution >= 0.6 is 0 Å². The maximum absolute atomic E-state index is 13.5. The monoisotopic (exact) mass is 1890 g/mol. The van der Waals surface area contributed by atoms with Crippen LogP contribution in [-0.2, 0) is 31.1 Å². The molecule has 0 fully saturated rings. The van der Waals surface area contributed by atoms with Gasteiger partial charge in [-0.15, -0.1) is 0 Å². The third kappa shape index (κ3) is 37.3. The highest BCUT2D eigenvalue weighted by Gasteiger charge is 2.31. The van der Waals surface area contributed by atoms with Gasteiger partial charge < -0.3 is 72.7 Å². The number of hydrogen-bond donors (Lipinski definition) is 12. The van der Waals surface area contributed by atoms with Crippen LogP contribution in [0.4, 0.5) is 48.3 Å². The third-order valence-corrected chi connectivity index (χ3v) is 22.9. The van der Waals surface area contributed by atoms with Crippen molar-refractivity contribution in [1.29, 1.82) is 0 Å².